The second-order valence-corrected chi connectivity index (χ2v) is 3.94. The maximum absolute atomic E-state index is 5.94. The van der Waals surface area contributed by atoms with E-state index in [4.69, 9.17) is 5.73 Å². The molecule has 0 bridgehead atoms. The van der Waals surface area contributed by atoms with Gasteiger partial charge in [-0.05, 0) is 39.0 Å². The Morgan fingerprint density at radius 1 is 1.55 bits per heavy atom. The maximum atomic E-state index is 5.94. The molecule has 0 heterocycles. The lowest BCUT2D eigenvalue weighted by Gasteiger charge is -2.26. The van der Waals surface area contributed by atoms with Gasteiger partial charge in [0.15, 0.2) is 0 Å². The molecular weight excluding hydrogens is 134 g/mol. The molecule has 0 saturated heterocycles. The Balaban J connectivity index is 3.52. The lowest BCUT2D eigenvalue weighted by atomic mass is 9.86. The molecule has 0 aromatic rings. The molecule has 0 aromatic carbocycles. The van der Waals surface area contributed by atoms with Gasteiger partial charge in [0.1, 0.15) is 0 Å². The van der Waals surface area contributed by atoms with Crippen molar-refractivity contribution in [2.24, 2.45) is 11.7 Å². The fourth-order valence-electron chi connectivity index (χ4n) is 0.940. The molecule has 1 nitrogen and oxygen atoms in total. The van der Waals surface area contributed by atoms with Crippen molar-refractivity contribution in [2.45, 2.75) is 45.6 Å². The average Bonchev–Trinajstić information content (AvgIpc) is 1.86. The van der Waals surface area contributed by atoms with Crippen LogP contribution >= 0.6 is 0 Å². The van der Waals surface area contributed by atoms with E-state index in [2.05, 4.69) is 27.4 Å². The molecule has 0 aromatic heterocycles. The minimum atomic E-state index is -0.0266. The van der Waals surface area contributed by atoms with Crippen LogP contribution in [0.2, 0.25) is 0 Å². The monoisotopic (exact) mass is 155 g/mol. The predicted molar refractivity (Wildman–Crippen MR) is 51.5 cm³/mol. The normalized spacial score (nSPS) is 14.5. The standard InChI is InChI=1S/C10H21N/c1-5-6-7-8-9(2)10(3,4)11/h5,9H,1,6-8,11H2,2-4H3/t9-/m1/s1. The van der Waals surface area contributed by atoms with Gasteiger partial charge in [-0.25, -0.2) is 0 Å². The van der Waals surface area contributed by atoms with E-state index in [1.807, 2.05) is 6.08 Å². The summed E-state index contributed by atoms with van der Waals surface area (Å²) < 4.78 is 0. The van der Waals surface area contributed by atoms with E-state index >= 15 is 0 Å². The fourth-order valence-corrected chi connectivity index (χ4v) is 0.940. The van der Waals surface area contributed by atoms with Crippen molar-refractivity contribution in [2.75, 3.05) is 0 Å². The SMILES string of the molecule is C=CCCC[C@@H](C)C(C)(C)N. The van der Waals surface area contributed by atoms with Gasteiger partial charge >= 0.3 is 0 Å². The first-order valence-corrected chi connectivity index (χ1v) is 4.38. The number of allylic oxidation sites excluding steroid dienone is 1. The molecule has 66 valence electrons. The third-order valence-corrected chi connectivity index (χ3v) is 2.32. The Morgan fingerprint density at radius 3 is 2.45 bits per heavy atom. The third kappa shape index (κ3) is 5.02. The smallest absolute Gasteiger partial charge is 0.0123 e. The minimum absolute atomic E-state index is 0.0266. The molecule has 0 spiro atoms. The van der Waals surface area contributed by atoms with E-state index in [9.17, 15) is 0 Å². The van der Waals surface area contributed by atoms with Gasteiger partial charge in [0.25, 0.3) is 0 Å². The zero-order valence-electron chi connectivity index (χ0n) is 8.06. The summed E-state index contributed by atoms with van der Waals surface area (Å²) in [7, 11) is 0. The van der Waals surface area contributed by atoms with Gasteiger partial charge in [-0.2, -0.15) is 0 Å². The highest BCUT2D eigenvalue weighted by atomic mass is 14.7. The number of rotatable bonds is 5. The van der Waals surface area contributed by atoms with Crippen molar-refractivity contribution < 1.29 is 0 Å². The summed E-state index contributed by atoms with van der Waals surface area (Å²) >= 11 is 0. The molecule has 0 aliphatic rings. The molecular formula is C10H21N. The number of nitrogens with two attached hydrogens (primary N) is 1. The van der Waals surface area contributed by atoms with Crippen LogP contribution in [0.25, 0.3) is 0 Å². The van der Waals surface area contributed by atoms with Crippen LogP contribution in [0.3, 0.4) is 0 Å². The number of hydrogen-bond acceptors (Lipinski definition) is 1. The Labute approximate surface area is 70.7 Å². The van der Waals surface area contributed by atoms with Crippen LogP contribution in [0, 0.1) is 5.92 Å². The summed E-state index contributed by atoms with van der Waals surface area (Å²) in [4.78, 5) is 0. The average molecular weight is 155 g/mol. The van der Waals surface area contributed by atoms with Crippen LogP contribution in [0.1, 0.15) is 40.0 Å². The van der Waals surface area contributed by atoms with Crippen molar-refractivity contribution in [3.05, 3.63) is 12.7 Å². The van der Waals surface area contributed by atoms with Gasteiger partial charge in [-0.15, -0.1) is 6.58 Å². The Bertz CT molecular complexity index is 111. The van der Waals surface area contributed by atoms with Gasteiger partial charge in [0.05, 0.1) is 0 Å². The molecule has 1 heteroatoms. The molecule has 0 fully saturated rings. The highest BCUT2D eigenvalue weighted by Gasteiger charge is 2.19. The zero-order chi connectivity index (χ0) is 8.91. The molecule has 2 N–H and O–H groups in total. The second kappa shape index (κ2) is 4.55. The number of hydrogen-bond donors (Lipinski definition) is 1. The largest absolute Gasteiger partial charge is 0.325 e. The van der Waals surface area contributed by atoms with Gasteiger partial charge in [-0.1, -0.05) is 13.0 Å². The molecule has 0 aliphatic carbocycles. The van der Waals surface area contributed by atoms with E-state index in [-0.39, 0.29) is 5.54 Å². The van der Waals surface area contributed by atoms with Crippen molar-refractivity contribution >= 4 is 0 Å². The zero-order valence-corrected chi connectivity index (χ0v) is 8.06. The van der Waals surface area contributed by atoms with E-state index < -0.39 is 0 Å². The summed E-state index contributed by atoms with van der Waals surface area (Å²) in [6.07, 6.45) is 5.50. The summed E-state index contributed by atoms with van der Waals surface area (Å²) in [5, 5.41) is 0. The van der Waals surface area contributed by atoms with Crippen molar-refractivity contribution in [1.82, 2.24) is 0 Å². The summed E-state index contributed by atoms with van der Waals surface area (Å²) in [5.74, 6) is 0.599. The van der Waals surface area contributed by atoms with Crippen LogP contribution < -0.4 is 5.73 Å². The van der Waals surface area contributed by atoms with E-state index in [1.165, 1.54) is 12.8 Å². The molecule has 0 saturated carbocycles. The number of unbranched alkanes of at least 4 members (excludes halogenated alkanes) is 1. The fraction of sp³-hybridized carbons (Fsp3) is 0.800. The topological polar surface area (TPSA) is 26.0 Å². The Morgan fingerprint density at radius 2 is 2.09 bits per heavy atom. The first-order chi connectivity index (χ1) is 4.98. The maximum Gasteiger partial charge on any atom is 0.0123 e. The molecule has 0 aliphatic heterocycles. The first-order valence-electron chi connectivity index (χ1n) is 4.38. The Hall–Kier alpha value is -0.300. The molecule has 0 rings (SSSR count). The van der Waals surface area contributed by atoms with Crippen molar-refractivity contribution in [3.63, 3.8) is 0 Å². The van der Waals surface area contributed by atoms with Gasteiger partial charge < -0.3 is 5.73 Å². The summed E-state index contributed by atoms with van der Waals surface area (Å²) in [6, 6.07) is 0. The van der Waals surface area contributed by atoms with Crippen LogP contribution in [-0.2, 0) is 0 Å². The van der Waals surface area contributed by atoms with E-state index in [0.717, 1.165) is 6.42 Å². The summed E-state index contributed by atoms with van der Waals surface area (Å²) in [6.45, 7) is 10.1. The lowest BCUT2D eigenvalue weighted by molar-refractivity contribution is 0.321. The van der Waals surface area contributed by atoms with Crippen LogP contribution in [-0.4, -0.2) is 5.54 Å². The van der Waals surface area contributed by atoms with Crippen molar-refractivity contribution in [3.8, 4) is 0 Å². The lowest BCUT2D eigenvalue weighted by Crippen LogP contribution is -2.39. The molecule has 11 heavy (non-hydrogen) atoms. The van der Waals surface area contributed by atoms with Crippen LogP contribution in [0.15, 0.2) is 12.7 Å². The molecule has 0 amide bonds. The van der Waals surface area contributed by atoms with E-state index in [0.29, 0.717) is 5.92 Å². The highest BCUT2D eigenvalue weighted by molar-refractivity contribution is 4.79. The Kier molecular flexibility index (Phi) is 4.43. The first kappa shape index (κ1) is 10.7. The molecule has 0 unspecified atom stereocenters. The quantitative estimate of drug-likeness (QED) is 0.479. The summed E-state index contributed by atoms with van der Waals surface area (Å²) in [5.41, 5.74) is 5.91. The van der Waals surface area contributed by atoms with Gasteiger partial charge in [0, 0.05) is 5.54 Å². The predicted octanol–water partition coefficient (Wildman–Crippen LogP) is 2.72. The minimum Gasteiger partial charge on any atom is -0.325 e. The van der Waals surface area contributed by atoms with Crippen LogP contribution in [0.5, 0.6) is 0 Å². The second-order valence-electron chi connectivity index (χ2n) is 3.94. The van der Waals surface area contributed by atoms with Gasteiger partial charge in [-0.3, -0.25) is 0 Å². The van der Waals surface area contributed by atoms with Crippen LogP contribution in [0.4, 0.5) is 0 Å². The molecule has 0 radical (unpaired) electrons. The highest BCUT2D eigenvalue weighted by Crippen LogP contribution is 2.18. The molecule has 1 atom stereocenters. The van der Waals surface area contributed by atoms with Gasteiger partial charge in [0.2, 0.25) is 0 Å². The third-order valence-electron chi connectivity index (χ3n) is 2.32. The van der Waals surface area contributed by atoms with E-state index in [1.54, 1.807) is 0 Å². The van der Waals surface area contributed by atoms with Crippen molar-refractivity contribution in [1.29, 1.82) is 0 Å².